The zero-order valence-electron chi connectivity index (χ0n) is 13.4. The predicted octanol–water partition coefficient (Wildman–Crippen LogP) is 2.60. The second-order valence-electron chi connectivity index (χ2n) is 6.14. The number of aromatic nitrogens is 2. The van der Waals surface area contributed by atoms with Gasteiger partial charge in [-0.3, -0.25) is 0 Å². The van der Waals surface area contributed by atoms with Crippen molar-refractivity contribution in [3.05, 3.63) is 52.2 Å². The standard InChI is InChI=1S/C18H20N4O/c1-12-13(2)21-22-17(15(12)10-19)20-11-18(23)9-5-7-14-6-3-4-8-16(14)18/h3-4,6,8,23H,5,7,9,11H2,1-2H3,(H,20,22). The summed E-state index contributed by atoms with van der Waals surface area (Å²) in [5.41, 5.74) is 3.27. The van der Waals surface area contributed by atoms with Gasteiger partial charge in [-0.15, -0.1) is 5.10 Å². The molecule has 1 unspecified atom stereocenters. The Labute approximate surface area is 136 Å². The number of hydrogen-bond acceptors (Lipinski definition) is 5. The fourth-order valence-electron chi connectivity index (χ4n) is 3.18. The fourth-order valence-corrected chi connectivity index (χ4v) is 3.18. The van der Waals surface area contributed by atoms with Crippen LogP contribution in [0.15, 0.2) is 24.3 Å². The number of aliphatic hydroxyl groups is 1. The average molecular weight is 308 g/mol. The molecule has 3 rings (SSSR count). The predicted molar refractivity (Wildman–Crippen MR) is 88.0 cm³/mol. The quantitative estimate of drug-likeness (QED) is 0.911. The van der Waals surface area contributed by atoms with Crippen molar-refractivity contribution in [2.24, 2.45) is 0 Å². The van der Waals surface area contributed by atoms with E-state index in [-0.39, 0.29) is 0 Å². The Hall–Kier alpha value is -2.45. The molecule has 1 aliphatic rings. The van der Waals surface area contributed by atoms with Crippen LogP contribution in [0.2, 0.25) is 0 Å². The number of nitrogens with zero attached hydrogens (tertiary/aromatic N) is 3. The molecule has 0 saturated heterocycles. The molecule has 0 spiro atoms. The molecule has 0 amide bonds. The third-order valence-corrected chi connectivity index (χ3v) is 4.67. The Kier molecular flexibility index (Phi) is 4.01. The summed E-state index contributed by atoms with van der Waals surface area (Å²) in [5.74, 6) is 0.437. The minimum Gasteiger partial charge on any atom is -0.383 e. The van der Waals surface area contributed by atoms with Crippen molar-refractivity contribution in [1.82, 2.24) is 10.2 Å². The molecule has 1 aromatic heterocycles. The highest BCUT2D eigenvalue weighted by molar-refractivity contribution is 5.56. The first-order valence-electron chi connectivity index (χ1n) is 7.84. The van der Waals surface area contributed by atoms with Crippen molar-refractivity contribution in [2.75, 3.05) is 11.9 Å². The Morgan fingerprint density at radius 2 is 2.09 bits per heavy atom. The van der Waals surface area contributed by atoms with Crippen LogP contribution in [-0.4, -0.2) is 21.8 Å². The molecule has 0 radical (unpaired) electrons. The highest BCUT2D eigenvalue weighted by atomic mass is 16.3. The lowest BCUT2D eigenvalue weighted by atomic mass is 9.79. The van der Waals surface area contributed by atoms with Crippen molar-refractivity contribution in [1.29, 1.82) is 5.26 Å². The number of nitriles is 1. The van der Waals surface area contributed by atoms with E-state index in [2.05, 4.69) is 27.6 Å². The van der Waals surface area contributed by atoms with Crippen LogP contribution >= 0.6 is 0 Å². The van der Waals surface area contributed by atoms with Crippen molar-refractivity contribution < 1.29 is 5.11 Å². The number of fused-ring (bicyclic) bond motifs is 1. The van der Waals surface area contributed by atoms with Crippen LogP contribution in [0.25, 0.3) is 0 Å². The smallest absolute Gasteiger partial charge is 0.167 e. The molecule has 2 aromatic rings. The zero-order valence-corrected chi connectivity index (χ0v) is 13.4. The van der Waals surface area contributed by atoms with Crippen molar-refractivity contribution in [3.63, 3.8) is 0 Å². The maximum absolute atomic E-state index is 11.1. The summed E-state index contributed by atoms with van der Waals surface area (Å²) in [6.45, 7) is 4.01. The molecule has 1 aliphatic carbocycles. The van der Waals surface area contributed by atoms with E-state index in [0.29, 0.717) is 24.3 Å². The van der Waals surface area contributed by atoms with Gasteiger partial charge >= 0.3 is 0 Å². The molecule has 118 valence electrons. The monoisotopic (exact) mass is 308 g/mol. The molecule has 1 atom stereocenters. The number of hydrogen-bond donors (Lipinski definition) is 2. The van der Waals surface area contributed by atoms with Crippen LogP contribution in [0, 0.1) is 25.2 Å². The number of nitrogens with one attached hydrogen (secondary N) is 1. The minimum absolute atomic E-state index is 0.315. The van der Waals surface area contributed by atoms with Crippen LogP contribution in [0.4, 0.5) is 5.82 Å². The summed E-state index contributed by atoms with van der Waals surface area (Å²) in [7, 11) is 0. The van der Waals surface area contributed by atoms with Gasteiger partial charge in [-0.25, -0.2) is 0 Å². The van der Waals surface area contributed by atoms with E-state index < -0.39 is 5.60 Å². The van der Waals surface area contributed by atoms with Gasteiger partial charge in [-0.05, 0) is 49.8 Å². The lowest BCUT2D eigenvalue weighted by molar-refractivity contribution is 0.0322. The largest absolute Gasteiger partial charge is 0.383 e. The molecule has 5 heteroatoms. The van der Waals surface area contributed by atoms with E-state index in [1.807, 2.05) is 32.0 Å². The summed E-state index contributed by atoms with van der Waals surface area (Å²) in [6.07, 6.45) is 2.63. The molecule has 0 fully saturated rings. The van der Waals surface area contributed by atoms with Crippen molar-refractivity contribution >= 4 is 5.82 Å². The van der Waals surface area contributed by atoms with Gasteiger partial charge in [0.05, 0.1) is 5.69 Å². The van der Waals surface area contributed by atoms with Gasteiger partial charge in [-0.2, -0.15) is 10.4 Å². The van der Waals surface area contributed by atoms with Gasteiger partial charge in [0.25, 0.3) is 0 Å². The Morgan fingerprint density at radius 1 is 1.30 bits per heavy atom. The first kappa shape index (κ1) is 15.4. The van der Waals surface area contributed by atoms with Gasteiger partial charge in [0.1, 0.15) is 17.2 Å². The molecule has 0 bridgehead atoms. The Morgan fingerprint density at radius 3 is 2.87 bits per heavy atom. The third kappa shape index (κ3) is 2.78. The number of anilines is 1. The SMILES string of the molecule is Cc1nnc(NCC2(O)CCCc3ccccc32)c(C#N)c1C. The van der Waals surface area contributed by atoms with Crippen LogP contribution in [-0.2, 0) is 12.0 Å². The van der Waals surface area contributed by atoms with Gasteiger partial charge in [0.2, 0.25) is 0 Å². The normalized spacial score (nSPS) is 19.7. The Balaban J connectivity index is 1.88. The lowest BCUT2D eigenvalue weighted by Crippen LogP contribution is -2.38. The summed E-state index contributed by atoms with van der Waals surface area (Å²) >= 11 is 0. The molecule has 2 N–H and O–H groups in total. The van der Waals surface area contributed by atoms with E-state index in [0.717, 1.165) is 29.7 Å². The van der Waals surface area contributed by atoms with E-state index in [1.54, 1.807) is 0 Å². The maximum Gasteiger partial charge on any atom is 0.167 e. The van der Waals surface area contributed by atoms with Crippen LogP contribution in [0.5, 0.6) is 0 Å². The van der Waals surface area contributed by atoms with Crippen molar-refractivity contribution in [2.45, 2.75) is 38.7 Å². The van der Waals surface area contributed by atoms with Crippen LogP contribution < -0.4 is 5.32 Å². The van der Waals surface area contributed by atoms with Gasteiger partial charge < -0.3 is 10.4 Å². The molecule has 5 nitrogen and oxygen atoms in total. The molecular weight excluding hydrogens is 288 g/mol. The third-order valence-electron chi connectivity index (χ3n) is 4.67. The minimum atomic E-state index is -0.942. The number of rotatable bonds is 3. The summed E-state index contributed by atoms with van der Waals surface area (Å²) in [5, 5.41) is 31.7. The van der Waals surface area contributed by atoms with Gasteiger partial charge in [0.15, 0.2) is 5.82 Å². The fraction of sp³-hybridized carbons (Fsp3) is 0.389. The molecular formula is C18H20N4O. The first-order valence-corrected chi connectivity index (χ1v) is 7.84. The molecule has 1 aromatic carbocycles. The van der Waals surface area contributed by atoms with Gasteiger partial charge in [-0.1, -0.05) is 24.3 Å². The second-order valence-corrected chi connectivity index (χ2v) is 6.14. The molecule has 23 heavy (non-hydrogen) atoms. The van der Waals surface area contributed by atoms with E-state index in [1.165, 1.54) is 5.56 Å². The highest BCUT2D eigenvalue weighted by Gasteiger charge is 2.34. The first-order chi connectivity index (χ1) is 11.0. The summed E-state index contributed by atoms with van der Waals surface area (Å²) < 4.78 is 0. The van der Waals surface area contributed by atoms with Crippen molar-refractivity contribution in [3.8, 4) is 6.07 Å². The summed E-state index contributed by atoms with van der Waals surface area (Å²) in [6, 6.07) is 10.2. The topological polar surface area (TPSA) is 81.8 Å². The van der Waals surface area contributed by atoms with E-state index in [4.69, 9.17) is 0 Å². The highest BCUT2D eigenvalue weighted by Crippen LogP contribution is 2.35. The van der Waals surface area contributed by atoms with Gasteiger partial charge in [0, 0.05) is 6.54 Å². The second kappa shape index (κ2) is 5.98. The van der Waals surface area contributed by atoms with E-state index >= 15 is 0 Å². The average Bonchev–Trinajstić information content (AvgIpc) is 2.56. The lowest BCUT2D eigenvalue weighted by Gasteiger charge is -2.34. The van der Waals surface area contributed by atoms with Crippen LogP contribution in [0.1, 0.15) is 40.8 Å². The molecule has 1 heterocycles. The Bertz CT molecular complexity index is 781. The molecule has 0 aliphatic heterocycles. The summed E-state index contributed by atoms with van der Waals surface area (Å²) in [4.78, 5) is 0. The zero-order chi connectivity index (χ0) is 16.4. The van der Waals surface area contributed by atoms with Crippen LogP contribution in [0.3, 0.4) is 0 Å². The number of benzene rings is 1. The maximum atomic E-state index is 11.1. The van der Waals surface area contributed by atoms with E-state index in [9.17, 15) is 10.4 Å². The molecule has 0 saturated carbocycles. The number of aryl methyl sites for hydroxylation is 2.